The van der Waals surface area contributed by atoms with Crippen LogP contribution in [0.4, 0.5) is 0 Å². The van der Waals surface area contributed by atoms with Crippen molar-refractivity contribution in [2.45, 2.75) is 36.3 Å². The zero-order valence-electron chi connectivity index (χ0n) is 15.6. The highest BCUT2D eigenvalue weighted by atomic mass is 32.2. The standard InChI is InChI=1S/C21H26N2O3S/c1-17-7-9-20(10-8-17)27(24,25)23-16-21(11-12-22-15-21)26-14-19(23)13-18-5-3-2-4-6-18/h2-10,19,22H,11-16H2,1H3/t19-,21-/m1/s1. The predicted molar refractivity (Wildman–Crippen MR) is 105 cm³/mol. The summed E-state index contributed by atoms with van der Waals surface area (Å²) in [6.45, 7) is 4.34. The molecule has 27 heavy (non-hydrogen) atoms. The minimum Gasteiger partial charge on any atom is -0.371 e. The van der Waals surface area contributed by atoms with Gasteiger partial charge in [-0.25, -0.2) is 8.42 Å². The average molecular weight is 387 g/mol. The molecular formula is C21H26N2O3S. The number of morpholine rings is 1. The summed E-state index contributed by atoms with van der Waals surface area (Å²) in [6.07, 6.45) is 1.49. The molecule has 0 aliphatic carbocycles. The smallest absolute Gasteiger partial charge is 0.243 e. The largest absolute Gasteiger partial charge is 0.371 e. The van der Waals surface area contributed by atoms with Gasteiger partial charge in [-0.1, -0.05) is 48.0 Å². The Hall–Kier alpha value is -1.73. The molecule has 2 aromatic rings. The van der Waals surface area contributed by atoms with E-state index in [1.165, 1.54) is 0 Å². The van der Waals surface area contributed by atoms with Crippen molar-refractivity contribution in [3.8, 4) is 0 Å². The van der Waals surface area contributed by atoms with Crippen LogP contribution in [0.15, 0.2) is 59.5 Å². The Kier molecular flexibility index (Phi) is 5.07. The fraction of sp³-hybridized carbons (Fsp3) is 0.429. The summed E-state index contributed by atoms with van der Waals surface area (Å²) in [5.41, 5.74) is 1.76. The highest BCUT2D eigenvalue weighted by molar-refractivity contribution is 7.89. The first-order valence-corrected chi connectivity index (χ1v) is 10.9. The van der Waals surface area contributed by atoms with Gasteiger partial charge in [-0.05, 0) is 44.0 Å². The van der Waals surface area contributed by atoms with Crippen LogP contribution in [0.2, 0.25) is 0 Å². The van der Waals surface area contributed by atoms with Gasteiger partial charge in [0.05, 0.1) is 23.1 Å². The molecule has 0 saturated carbocycles. The van der Waals surface area contributed by atoms with E-state index in [-0.39, 0.29) is 6.04 Å². The third kappa shape index (κ3) is 3.80. The zero-order valence-corrected chi connectivity index (χ0v) is 16.4. The minimum absolute atomic E-state index is 0.204. The van der Waals surface area contributed by atoms with Gasteiger partial charge in [0.25, 0.3) is 0 Å². The van der Waals surface area contributed by atoms with Gasteiger partial charge in [0.15, 0.2) is 0 Å². The van der Waals surface area contributed by atoms with Gasteiger partial charge in [-0.15, -0.1) is 0 Å². The van der Waals surface area contributed by atoms with Crippen LogP contribution in [-0.4, -0.2) is 50.6 Å². The number of benzene rings is 2. The first-order valence-electron chi connectivity index (χ1n) is 9.46. The molecule has 2 heterocycles. The molecule has 4 rings (SSSR count). The van der Waals surface area contributed by atoms with Gasteiger partial charge in [0, 0.05) is 13.1 Å². The van der Waals surface area contributed by atoms with Crippen LogP contribution in [0, 0.1) is 6.92 Å². The topological polar surface area (TPSA) is 58.6 Å². The van der Waals surface area contributed by atoms with Crippen LogP contribution < -0.4 is 5.32 Å². The lowest BCUT2D eigenvalue weighted by atomic mass is 9.98. The molecule has 0 unspecified atom stereocenters. The summed E-state index contributed by atoms with van der Waals surface area (Å²) in [5, 5.41) is 3.32. The first kappa shape index (κ1) is 18.6. The molecule has 1 spiro atoms. The van der Waals surface area contributed by atoms with E-state index in [2.05, 4.69) is 5.32 Å². The Morgan fingerprint density at radius 3 is 2.56 bits per heavy atom. The molecule has 2 atom stereocenters. The second-order valence-electron chi connectivity index (χ2n) is 7.63. The van der Waals surface area contributed by atoms with E-state index < -0.39 is 15.6 Å². The van der Waals surface area contributed by atoms with Crippen molar-refractivity contribution in [1.29, 1.82) is 0 Å². The molecule has 144 valence electrons. The molecule has 2 aliphatic rings. The molecule has 2 aromatic carbocycles. The average Bonchev–Trinajstić information content (AvgIpc) is 3.12. The third-order valence-corrected chi connectivity index (χ3v) is 7.49. The summed E-state index contributed by atoms with van der Waals surface area (Å²) in [5.74, 6) is 0. The first-order chi connectivity index (χ1) is 13.0. The number of rotatable bonds is 4. The quantitative estimate of drug-likeness (QED) is 0.876. The Labute approximate surface area is 161 Å². The second-order valence-corrected chi connectivity index (χ2v) is 9.52. The lowest BCUT2D eigenvalue weighted by Gasteiger charge is -2.44. The number of aryl methyl sites for hydroxylation is 1. The van der Waals surface area contributed by atoms with Crippen LogP contribution in [0.5, 0.6) is 0 Å². The highest BCUT2D eigenvalue weighted by Crippen LogP contribution is 2.32. The van der Waals surface area contributed by atoms with E-state index >= 15 is 0 Å². The molecule has 0 aromatic heterocycles. The third-order valence-electron chi connectivity index (χ3n) is 5.58. The maximum atomic E-state index is 13.5. The number of nitrogens with zero attached hydrogens (tertiary/aromatic N) is 1. The lowest BCUT2D eigenvalue weighted by Crippen LogP contribution is -2.59. The number of ether oxygens (including phenoxy) is 1. The summed E-state index contributed by atoms with van der Waals surface area (Å²) in [7, 11) is -3.59. The van der Waals surface area contributed by atoms with E-state index in [0.717, 1.165) is 24.1 Å². The molecule has 5 nitrogen and oxygen atoms in total. The lowest BCUT2D eigenvalue weighted by molar-refractivity contribution is -0.0985. The number of hydrogen-bond acceptors (Lipinski definition) is 4. The molecule has 0 radical (unpaired) electrons. The number of hydrogen-bond donors (Lipinski definition) is 1. The minimum atomic E-state index is -3.59. The van der Waals surface area contributed by atoms with Gasteiger partial charge >= 0.3 is 0 Å². The van der Waals surface area contributed by atoms with Crippen molar-refractivity contribution in [2.24, 2.45) is 0 Å². The SMILES string of the molecule is Cc1ccc(S(=O)(=O)N2C[C@]3(CCNC3)OC[C@H]2Cc2ccccc2)cc1. The molecule has 6 heteroatoms. The zero-order chi connectivity index (χ0) is 18.9. The van der Waals surface area contributed by atoms with Crippen molar-refractivity contribution >= 4 is 10.0 Å². The molecule has 0 amide bonds. The molecule has 1 N–H and O–H groups in total. The van der Waals surface area contributed by atoms with Crippen molar-refractivity contribution < 1.29 is 13.2 Å². The Morgan fingerprint density at radius 2 is 1.89 bits per heavy atom. The molecule has 2 aliphatic heterocycles. The maximum absolute atomic E-state index is 13.5. The summed E-state index contributed by atoms with van der Waals surface area (Å²) in [4.78, 5) is 0.356. The van der Waals surface area contributed by atoms with Gasteiger partial charge < -0.3 is 10.1 Å². The van der Waals surface area contributed by atoms with E-state index in [1.54, 1.807) is 16.4 Å². The highest BCUT2D eigenvalue weighted by Gasteiger charge is 2.47. The molecule has 0 bridgehead atoms. The van der Waals surface area contributed by atoms with E-state index in [0.29, 0.717) is 31.0 Å². The monoisotopic (exact) mass is 386 g/mol. The van der Waals surface area contributed by atoms with Gasteiger partial charge in [0.2, 0.25) is 10.0 Å². The summed E-state index contributed by atoms with van der Waals surface area (Å²) < 4.78 is 34.9. The summed E-state index contributed by atoms with van der Waals surface area (Å²) >= 11 is 0. The fourth-order valence-electron chi connectivity index (χ4n) is 3.97. The van der Waals surface area contributed by atoms with Crippen LogP contribution in [0.1, 0.15) is 17.5 Å². The molecule has 2 fully saturated rings. The van der Waals surface area contributed by atoms with E-state index in [9.17, 15) is 8.42 Å². The molecule has 2 saturated heterocycles. The van der Waals surface area contributed by atoms with Gasteiger partial charge in [0.1, 0.15) is 0 Å². The Bertz CT molecular complexity index is 875. The van der Waals surface area contributed by atoms with Crippen LogP contribution >= 0.6 is 0 Å². The number of sulfonamides is 1. The van der Waals surface area contributed by atoms with Crippen molar-refractivity contribution in [1.82, 2.24) is 9.62 Å². The van der Waals surface area contributed by atoms with E-state index in [4.69, 9.17) is 4.74 Å². The fourth-order valence-corrected chi connectivity index (χ4v) is 5.65. The maximum Gasteiger partial charge on any atom is 0.243 e. The van der Waals surface area contributed by atoms with Crippen LogP contribution in [0.25, 0.3) is 0 Å². The Balaban J connectivity index is 1.67. The van der Waals surface area contributed by atoms with Crippen molar-refractivity contribution in [3.05, 3.63) is 65.7 Å². The van der Waals surface area contributed by atoms with Crippen molar-refractivity contribution in [3.63, 3.8) is 0 Å². The van der Waals surface area contributed by atoms with Gasteiger partial charge in [-0.2, -0.15) is 4.31 Å². The van der Waals surface area contributed by atoms with Crippen LogP contribution in [0.3, 0.4) is 0 Å². The second kappa shape index (κ2) is 7.36. The van der Waals surface area contributed by atoms with E-state index in [1.807, 2.05) is 49.4 Å². The summed E-state index contributed by atoms with van der Waals surface area (Å²) in [6, 6.07) is 16.9. The number of nitrogens with one attached hydrogen (secondary N) is 1. The predicted octanol–water partition coefficient (Wildman–Crippen LogP) is 2.36. The molecular weight excluding hydrogens is 360 g/mol. The Morgan fingerprint density at radius 1 is 1.15 bits per heavy atom. The van der Waals surface area contributed by atoms with Crippen molar-refractivity contribution in [2.75, 3.05) is 26.2 Å². The van der Waals surface area contributed by atoms with Crippen LogP contribution in [-0.2, 0) is 21.2 Å². The normalized spacial score (nSPS) is 26.5. The van der Waals surface area contributed by atoms with Gasteiger partial charge in [-0.3, -0.25) is 0 Å².